The van der Waals surface area contributed by atoms with Gasteiger partial charge in [0.25, 0.3) is 17.7 Å². The molecule has 0 saturated carbocycles. The molecule has 1 aliphatic heterocycles. The van der Waals surface area contributed by atoms with E-state index >= 15 is 0 Å². The molecule has 3 amide bonds. The number of nitrogens with zero attached hydrogens (tertiary/aromatic N) is 1. The van der Waals surface area contributed by atoms with Crippen molar-refractivity contribution in [2.75, 3.05) is 0 Å². The third-order valence-corrected chi connectivity index (χ3v) is 2.92. The molecule has 0 radical (unpaired) electrons. The van der Waals surface area contributed by atoms with Crippen LogP contribution in [0, 0.1) is 0 Å². The van der Waals surface area contributed by atoms with Gasteiger partial charge in [0, 0.05) is 18.4 Å². The van der Waals surface area contributed by atoms with Gasteiger partial charge < -0.3 is 10.2 Å². The number of nitrogens with one attached hydrogen (secondary N) is 1. The highest BCUT2D eigenvalue weighted by molar-refractivity contribution is 6.02. The molecule has 0 spiro atoms. The van der Waals surface area contributed by atoms with Gasteiger partial charge in [-0.05, 0) is 19.1 Å². The van der Waals surface area contributed by atoms with Crippen molar-refractivity contribution in [2.24, 2.45) is 0 Å². The Hall–Kier alpha value is -2.70. The third-order valence-electron chi connectivity index (χ3n) is 2.92. The largest absolute Gasteiger partial charge is 0.354 e. The molecule has 1 N–H and O–H groups in total. The number of rotatable bonds is 4. The monoisotopic (exact) mass is 290 g/mol. The zero-order chi connectivity index (χ0) is 15.4. The molecular weight excluding hydrogens is 276 g/mol. The normalized spacial score (nSPS) is 15.8. The Morgan fingerprint density at radius 2 is 1.71 bits per heavy atom. The van der Waals surface area contributed by atoms with E-state index in [2.05, 4.69) is 5.32 Å². The van der Waals surface area contributed by atoms with Crippen LogP contribution in [-0.4, -0.2) is 34.8 Å². The highest BCUT2D eigenvalue weighted by Crippen LogP contribution is 2.12. The number of hydrogen-bond donors (Lipinski definition) is 1. The number of carbonyl (C=O) groups excluding carboxylic acids is 4. The molecule has 0 aliphatic carbocycles. The van der Waals surface area contributed by atoms with Gasteiger partial charge in [-0.15, -0.1) is 5.06 Å². The fourth-order valence-corrected chi connectivity index (χ4v) is 1.76. The van der Waals surface area contributed by atoms with Gasteiger partial charge in [-0.3, -0.25) is 14.4 Å². The van der Waals surface area contributed by atoms with Crippen LogP contribution in [-0.2, 0) is 19.2 Å². The second-order valence-corrected chi connectivity index (χ2v) is 4.55. The number of benzene rings is 1. The summed E-state index contributed by atoms with van der Waals surface area (Å²) in [6.07, 6.45) is 0.0493. The average Bonchev–Trinajstić information content (AvgIpc) is 2.79. The Kier molecular flexibility index (Phi) is 4.32. The highest BCUT2D eigenvalue weighted by Gasteiger charge is 2.34. The zero-order valence-electron chi connectivity index (χ0n) is 11.4. The van der Waals surface area contributed by atoms with Crippen LogP contribution in [0.2, 0.25) is 0 Å². The summed E-state index contributed by atoms with van der Waals surface area (Å²) >= 11 is 0. The van der Waals surface area contributed by atoms with Gasteiger partial charge in [0.1, 0.15) is 6.04 Å². The molecule has 1 saturated heterocycles. The maximum atomic E-state index is 11.9. The van der Waals surface area contributed by atoms with E-state index in [1.54, 1.807) is 30.3 Å². The molecule has 110 valence electrons. The van der Waals surface area contributed by atoms with E-state index < -0.39 is 29.7 Å². The predicted octanol–water partition coefficient (Wildman–Crippen LogP) is 0.412. The first-order valence-corrected chi connectivity index (χ1v) is 6.42. The first kappa shape index (κ1) is 14.7. The van der Waals surface area contributed by atoms with E-state index in [4.69, 9.17) is 4.84 Å². The van der Waals surface area contributed by atoms with Crippen molar-refractivity contribution in [1.82, 2.24) is 10.4 Å². The van der Waals surface area contributed by atoms with Gasteiger partial charge in [-0.2, -0.15) is 0 Å². The van der Waals surface area contributed by atoms with Crippen LogP contribution in [0.5, 0.6) is 0 Å². The van der Waals surface area contributed by atoms with Crippen molar-refractivity contribution in [3.8, 4) is 0 Å². The van der Waals surface area contributed by atoms with Crippen LogP contribution >= 0.6 is 0 Å². The first-order chi connectivity index (χ1) is 9.99. The van der Waals surface area contributed by atoms with Crippen molar-refractivity contribution < 1.29 is 24.0 Å². The lowest BCUT2D eigenvalue weighted by atomic mass is 10.2. The smallest absolute Gasteiger partial charge is 0.339 e. The van der Waals surface area contributed by atoms with E-state index in [9.17, 15) is 19.2 Å². The zero-order valence-corrected chi connectivity index (χ0v) is 11.4. The topological polar surface area (TPSA) is 92.8 Å². The van der Waals surface area contributed by atoms with Crippen LogP contribution in [0.15, 0.2) is 30.3 Å². The summed E-state index contributed by atoms with van der Waals surface area (Å²) in [5.74, 6) is -2.44. The van der Waals surface area contributed by atoms with E-state index in [-0.39, 0.29) is 12.8 Å². The summed E-state index contributed by atoms with van der Waals surface area (Å²) in [6.45, 7) is 1.41. The van der Waals surface area contributed by atoms with Gasteiger partial charge in [-0.25, -0.2) is 4.79 Å². The fourth-order valence-electron chi connectivity index (χ4n) is 1.76. The Labute approximate surface area is 120 Å². The predicted molar refractivity (Wildman–Crippen MR) is 70.5 cm³/mol. The van der Waals surface area contributed by atoms with Crippen LogP contribution in [0.3, 0.4) is 0 Å². The molecular formula is C14H14N2O5. The second kappa shape index (κ2) is 6.17. The van der Waals surface area contributed by atoms with Crippen molar-refractivity contribution in [3.63, 3.8) is 0 Å². The van der Waals surface area contributed by atoms with Crippen molar-refractivity contribution in [3.05, 3.63) is 35.9 Å². The highest BCUT2D eigenvalue weighted by atomic mass is 16.7. The number of hydroxylamine groups is 2. The fraction of sp³-hybridized carbons (Fsp3) is 0.286. The quantitative estimate of drug-likeness (QED) is 0.811. The lowest BCUT2D eigenvalue weighted by molar-refractivity contribution is -0.198. The van der Waals surface area contributed by atoms with Gasteiger partial charge in [0.15, 0.2) is 0 Å². The van der Waals surface area contributed by atoms with Crippen molar-refractivity contribution >= 4 is 23.7 Å². The molecule has 2 rings (SSSR count). The number of hydrogen-bond acceptors (Lipinski definition) is 5. The lowest BCUT2D eigenvalue weighted by Gasteiger charge is -2.17. The minimum Gasteiger partial charge on any atom is -0.339 e. The molecule has 1 unspecified atom stereocenters. The Balaban J connectivity index is 1.92. The molecule has 0 aromatic heterocycles. The molecule has 1 atom stereocenters. The summed E-state index contributed by atoms with van der Waals surface area (Å²) in [6, 6.07) is 7.36. The summed E-state index contributed by atoms with van der Waals surface area (Å²) in [5, 5.41) is 2.89. The third kappa shape index (κ3) is 3.44. The standard InChI is InChI=1S/C14H14N2O5/c1-9(15-13(19)10-5-3-2-4-6-10)14(20)21-16-11(17)7-8-12(16)18/h2-6,9H,7-8H2,1H3,(H,15,19). The summed E-state index contributed by atoms with van der Waals surface area (Å²) in [4.78, 5) is 51.0. The van der Waals surface area contributed by atoms with Gasteiger partial charge in [-0.1, -0.05) is 18.2 Å². The Morgan fingerprint density at radius 1 is 1.14 bits per heavy atom. The molecule has 21 heavy (non-hydrogen) atoms. The van der Waals surface area contributed by atoms with Crippen LogP contribution < -0.4 is 5.32 Å². The summed E-state index contributed by atoms with van der Waals surface area (Å²) in [5.41, 5.74) is 0.394. The molecule has 1 heterocycles. The number of amides is 3. The molecule has 1 aromatic rings. The maximum absolute atomic E-state index is 11.9. The van der Waals surface area contributed by atoms with Crippen LogP contribution in [0.1, 0.15) is 30.1 Å². The molecule has 1 aromatic carbocycles. The number of imide groups is 1. The van der Waals surface area contributed by atoms with Crippen LogP contribution in [0.4, 0.5) is 0 Å². The Bertz CT molecular complexity index is 568. The molecule has 7 heteroatoms. The van der Waals surface area contributed by atoms with E-state index in [0.717, 1.165) is 0 Å². The maximum Gasteiger partial charge on any atom is 0.354 e. The average molecular weight is 290 g/mol. The van der Waals surface area contributed by atoms with Crippen molar-refractivity contribution in [2.45, 2.75) is 25.8 Å². The minimum atomic E-state index is -0.987. The molecule has 7 nitrogen and oxygen atoms in total. The number of carbonyl (C=O) groups is 4. The minimum absolute atomic E-state index is 0.0247. The van der Waals surface area contributed by atoms with Crippen molar-refractivity contribution in [1.29, 1.82) is 0 Å². The van der Waals surface area contributed by atoms with Gasteiger partial charge in [0.2, 0.25) is 0 Å². The molecule has 1 fully saturated rings. The lowest BCUT2D eigenvalue weighted by Crippen LogP contribution is -2.43. The Morgan fingerprint density at radius 3 is 2.29 bits per heavy atom. The molecule has 1 aliphatic rings. The van der Waals surface area contributed by atoms with E-state index in [1.165, 1.54) is 6.92 Å². The SMILES string of the molecule is CC(NC(=O)c1ccccc1)C(=O)ON1C(=O)CCC1=O. The van der Waals surface area contributed by atoms with E-state index in [1.807, 2.05) is 0 Å². The van der Waals surface area contributed by atoms with E-state index in [0.29, 0.717) is 10.6 Å². The summed E-state index contributed by atoms with van der Waals surface area (Å²) < 4.78 is 0. The first-order valence-electron chi connectivity index (χ1n) is 6.42. The summed E-state index contributed by atoms with van der Waals surface area (Å²) in [7, 11) is 0. The van der Waals surface area contributed by atoms with Crippen LogP contribution in [0.25, 0.3) is 0 Å². The van der Waals surface area contributed by atoms with Gasteiger partial charge in [0.05, 0.1) is 0 Å². The van der Waals surface area contributed by atoms with Gasteiger partial charge >= 0.3 is 5.97 Å². The second-order valence-electron chi connectivity index (χ2n) is 4.55. The molecule has 0 bridgehead atoms.